The quantitative estimate of drug-likeness (QED) is 0.626. The maximum absolute atomic E-state index is 13.6. The van der Waals surface area contributed by atoms with Gasteiger partial charge in [0, 0.05) is 12.8 Å². The van der Waals surface area contributed by atoms with Crippen molar-refractivity contribution in [1.29, 1.82) is 0 Å². The van der Waals surface area contributed by atoms with Crippen LogP contribution in [0.15, 0.2) is 77.7 Å². The number of benzene rings is 3. The first-order valence-electron chi connectivity index (χ1n) is 10.1. The molecule has 0 spiro atoms. The molecule has 3 aromatic carbocycles. The number of para-hydroxylation sites is 1. The van der Waals surface area contributed by atoms with Crippen LogP contribution in [0.1, 0.15) is 12.8 Å². The molecular weight excluding hydrogens is 384 g/mol. The van der Waals surface area contributed by atoms with Crippen LogP contribution < -0.4 is 9.21 Å². The van der Waals surface area contributed by atoms with Crippen LogP contribution >= 0.6 is 0 Å². The van der Waals surface area contributed by atoms with Gasteiger partial charge in [-0.2, -0.15) is 0 Å². The van der Waals surface area contributed by atoms with Gasteiger partial charge in [0.1, 0.15) is 12.6 Å². The van der Waals surface area contributed by atoms with Gasteiger partial charge in [-0.1, -0.05) is 48.5 Å². The third-order valence-corrected chi connectivity index (χ3v) is 7.35. The van der Waals surface area contributed by atoms with E-state index < -0.39 is 16.1 Å². The molecule has 0 saturated carbocycles. The molecule has 3 aromatic rings. The molecule has 1 heterocycles. The molecule has 1 atom stereocenters. The van der Waals surface area contributed by atoms with Gasteiger partial charge in [0.25, 0.3) is 10.0 Å². The topological polar surface area (TPSA) is 62.0 Å². The van der Waals surface area contributed by atoms with E-state index in [1.165, 1.54) is 22.0 Å². The van der Waals surface area contributed by atoms with Crippen molar-refractivity contribution < 1.29 is 18.4 Å². The lowest BCUT2D eigenvalue weighted by molar-refractivity contribution is -0.890. The largest absolute Gasteiger partial charge is 0.385 e. The van der Waals surface area contributed by atoms with E-state index in [1.807, 2.05) is 48.5 Å². The number of anilines is 1. The molecule has 4 rings (SSSR count). The number of aliphatic hydroxyl groups excluding tert-OH is 1. The second kappa shape index (κ2) is 8.53. The summed E-state index contributed by atoms with van der Waals surface area (Å²) in [6.45, 7) is 2.69. The normalized spacial score (nSPS) is 16.2. The van der Waals surface area contributed by atoms with Crippen LogP contribution in [0.3, 0.4) is 0 Å². The van der Waals surface area contributed by atoms with E-state index in [4.69, 9.17) is 0 Å². The van der Waals surface area contributed by atoms with Crippen LogP contribution in [0, 0.1) is 0 Å². The van der Waals surface area contributed by atoms with Gasteiger partial charge in [-0.15, -0.1) is 0 Å². The predicted molar refractivity (Wildman–Crippen MR) is 116 cm³/mol. The fourth-order valence-electron chi connectivity index (χ4n) is 4.06. The number of rotatable bonds is 7. The molecule has 1 aliphatic rings. The number of sulfonamides is 1. The molecule has 0 bridgehead atoms. The van der Waals surface area contributed by atoms with Crippen LogP contribution in [0.4, 0.5) is 5.69 Å². The van der Waals surface area contributed by atoms with Gasteiger partial charge in [0.2, 0.25) is 0 Å². The molecule has 1 saturated heterocycles. The zero-order valence-corrected chi connectivity index (χ0v) is 17.2. The van der Waals surface area contributed by atoms with Crippen molar-refractivity contribution in [3.8, 4) is 0 Å². The first-order chi connectivity index (χ1) is 14.0. The van der Waals surface area contributed by atoms with Crippen LogP contribution in [0.5, 0.6) is 0 Å². The SMILES string of the molecule is O=S(=O)(c1ccc2ccccc2c1)N(C[C@H](O)C[NH+]1CCCC1)c1ccccc1. The Hall–Kier alpha value is -2.41. The Morgan fingerprint density at radius 2 is 1.55 bits per heavy atom. The molecule has 0 radical (unpaired) electrons. The second-order valence-electron chi connectivity index (χ2n) is 7.70. The van der Waals surface area contributed by atoms with E-state index in [0.29, 0.717) is 12.2 Å². The zero-order valence-electron chi connectivity index (χ0n) is 16.4. The third-order valence-electron chi connectivity index (χ3n) is 5.56. The Bertz CT molecular complexity index is 1060. The summed E-state index contributed by atoms with van der Waals surface area (Å²) in [6, 6.07) is 21.9. The maximum Gasteiger partial charge on any atom is 0.264 e. The molecule has 6 heteroatoms. The van der Waals surface area contributed by atoms with Crippen molar-refractivity contribution >= 4 is 26.5 Å². The fourth-order valence-corrected chi connectivity index (χ4v) is 5.60. The molecule has 2 N–H and O–H groups in total. The standard InChI is InChI=1S/C23H26N2O3S/c26-22(17-24-14-6-7-15-24)18-25(21-10-2-1-3-11-21)29(27,28)23-13-12-19-8-4-5-9-20(19)16-23/h1-5,8-13,16,22,26H,6-7,14-15,17-18H2/p+1/t22-/m1/s1. The van der Waals surface area contributed by atoms with Crippen molar-refractivity contribution in [3.05, 3.63) is 72.8 Å². The Morgan fingerprint density at radius 1 is 0.897 bits per heavy atom. The smallest absolute Gasteiger partial charge is 0.264 e. The van der Waals surface area contributed by atoms with Crippen molar-refractivity contribution in [3.63, 3.8) is 0 Å². The number of aliphatic hydroxyl groups is 1. The predicted octanol–water partition coefficient (Wildman–Crippen LogP) is 2.07. The van der Waals surface area contributed by atoms with Gasteiger partial charge in [-0.25, -0.2) is 8.42 Å². The van der Waals surface area contributed by atoms with E-state index in [0.717, 1.165) is 23.9 Å². The number of hydrogen-bond acceptors (Lipinski definition) is 3. The molecule has 0 amide bonds. The summed E-state index contributed by atoms with van der Waals surface area (Å²) >= 11 is 0. The molecule has 0 unspecified atom stereocenters. The minimum absolute atomic E-state index is 0.0443. The van der Waals surface area contributed by atoms with Gasteiger partial charge < -0.3 is 10.0 Å². The van der Waals surface area contributed by atoms with Crippen molar-refractivity contribution in [2.45, 2.75) is 23.8 Å². The fraction of sp³-hybridized carbons (Fsp3) is 0.304. The number of nitrogens with zero attached hydrogens (tertiary/aromatic N) is 1. The number of nitrogens with one attached hydrogen (secondary N) is 1. The molecule has 29 heavy (non-hydrogen) atoms. The van der Waals surface area contributed by atoms with Crippen LogP contribution in [0.2, 0.25) is 0 Å². The Balaban J connectivity index is 1.66. The molecule has 0 aliphatic carbocycles. The van der Waals surface area contributed by atoms with Crippen molar-refractivity contribution in [1.82, 2.24) is 0 Å². The lowest BCUT2D eigenvalue weighted by atomic mass is 10.1. The number of fused-ring (bicyclic) bond motifs is 1. The summed E-state index contributed by atoms with van der Waals surface area (Å²) in [5.74, 6) is 0. The number of likely N-dealkylation sites (tertiary alicyclic amines) is 1. The van der Waals surface area contributed by atoms with Crippen LogP contribution in [-0.2, 0) is 10.0 Å². The number of quaternary nitrogens is 1. The molecular formula is C23H27N2O3S+. The Kier molecular flexibility index (Phi) is 5.85. The maximum atomic E-state index is 13.6. The Labute approximate surface area is 172 Å². The van der Waals surface area contributed by atoms with Gasteiger partial charge >= 0.3 is 0 Å². The van der Waals surface area contributed by atoms with Crippen LogP contribution in [-0.4, -0.2) is 45.8 Å². The van der Waals surface area contributed by atoms with Gasteiger partial charge in [-0.05, 0) is 35.0 Å². The van der Waals surface area contributed by atoms with Crippen molar-refractivity contribution in [2.24, 2.45) is 0 Å². The van der Waals surface area contributed by atoms with Gasteiger partial charge in [-0.3, -0.25) is 4.31 Å². The van der Waals surface area contributed by atoms with E-state index >= 15 is 0 Å². The molecule has 1 fully saturated rings. The summed E-state index contributed by atoms with van der Waals surface area (Å²) < 4.78 is 28.5. The monoisotopic (exact) mass is 411 g/mol. The summed E-state index contributed by atoms with van der Waals surface area (Å²) in [6.07, 6.45) is 1.61. The first-order valence-corrected chi connectivity index (χ1v) is 11.6. The highest BCUT2D eigenvalue weighted by atomic mass is 32.2. The molecule has 5 nitrogen and oxygen atoms in total. The summed E-state index contributed by atoms with van der Waals surface area (Å²) in [7, 11) is -3.81. The lowest BCUT2D eigenvalue weighted by Crippen LogP contribution is -3.11. The Morgan fingerprint density at radius 3 is 2.28 bits per heavy atom. The van der Waals surface area contributed by atoms with Crippen LogP contribution in [0.25, 0.3) is 10.8 Å². The number of hydrogen-bond donors (Lipinski definition) is 2. The van der Waals surface area contributed by atoms with Crippen molar-refractivity contribution in [2.75, 3.05) is 30.5 Å². The minimum atomic E-state index is -3.81. The molecule has 152 valence electrons. The minimum Gasteiger partial charge on any atom is -0.385 e. The molecule has 0 aromatic heterocycles. The summed E-state index contributed by atoms with van der Waals surface area (Å²) in [5, 5.41) is 12.6. The summed E-state index contributed by atoms with van der Waals surface area (Å²) in [5.41, 5.74) is 0.566. The van der Waals surface area contributed by atoms with E-state index in [2.05, 4.69) is 0 Å². The zero-order chi connectivity index (χ0) is 20.3. The van der Waals surface area contributed by atoms with Gasteiger partial charge in [0.15, 0.2) is 0 Å². The third kappa shape index (κ3) is 4.45. The summed E-state index contributed by atoms with van der Waals surface area (Å²) in [4.78, 5) is 1.58. The van der Waals surface area contributed by atoms with E-state index in [1.54, 1.807) is 24.3 Å². The highest BCUT2D eigenvalue weighted by molar-refractivity contribution is 7.92. The van der Waals surface area contributed by atoms with E-state index in [9.17, 15) is 13.5 Å². The highest BCUT2D eigenvalue weighted by Crippen LogP contribution is 2.26. The van der Waals surface area contributed by atoms with Gasteiger partial charge in [0.05, 0.1) is 30.2 Å². The highest BCUT2D eigenvalue weighted by Gasteiger charge is 2.29. The molecule has 1 aliphatic heterocycles. The average Bonchev–Trinajstić information content (AvgIpc) is 3.25. The average molecular weight is 412 g/mol. The first kappa shape index (κ1) is 19.9. The lowest BCUT2D eigenvalue weighted by Gasteiger charge is -2.27. The van der Waals surface area contributed by atoms with E-state index in [-0.39, 0.29) is 11.4 Å². The second-order valence-corrected chi connectivity index (χ2v) is 9.56.